The van der Waals surface area contributed by atoms with Crippen LogP contribution >= 0.6 is 43.2 Å². The van der Waals surface area contributed by atoms with Crippen molar-refractivity contribution in [1.82, 2.24) is 0 Å². The van der Waals surface area contributed by atoms with Crippen LogP contribution in [0.5, 0.6) is 5.75 Å². The lowest BCUT2D eigenvalue weighted by Crippen LogP contribution is -2.12. The Hall–Kier alpha value is -0.360. The standard InChI is InChI=1S/C13H13Br2NOS/c1-7-5-10(15)13(18-7)12(16)9-4-3-8(14)6-11(9)17-2/h3-6,12H,16H2,1-2H3. The molecule has 5 heteroatoms. The molecule has 2 rings (SSSR count). The van der Waals surface area contributed by atoms with Gasteiger partial charge in [-0.1, -0.05) is 22.0 Å². The van der Waals surface area contributed by atoms with Gasteiger partial charge in [-0.2, -0.15) is 0 Å². The molecule has 0 amide bonds. The molecule has 1 heterocycles. The average molecular weight is 391 g/mol. The minimum Gasteiger partial charge on any atom is -0.496 e. The van der Waals surface area contributed by atoms with Crippen molar-refractivity contribution in [1.29, 1.82) is 0 Å². The van der Waals surface area contributed by atoms with E-state index in [-0.39, 0.29) is 6.04 Å². The fraction of sp³-hybridized carbons (Fsp3) is 0.231. The van der Waals surface area contributed by atoms with Gasteiger partial charge in [0, 0.05) is 24.3 Å². The molecule has 1 unspecified atom stereocenters. The monoisotopic (exact) mass is 389 g/mol. The van der Waals surface area contributed by atoms with E-state index in [1.807, 2.05) is 18.2 Å². The first-order valence-corrected chi connectivity index (χ1v) is 7.78. The number of thiophene rings is 1. The van der Waals surface area contributed by atoms with Crippen LogP contribution in [0.3, 0.4) is 0 Å². The SMILES string of the molecule is COc1cc(Br)ccc1C(N)c1sc(C)cc1Br. The molecule has 1 aromatic heterocycles. The third kappa shape index (κ3) is 2.79. The molecule has 1 atom stereocenters. The quantitative estimate of drug-likeness (QED) is 0.828. The Kier molecular flexibility index (Phi) is 4.48. The van der Waals surface area contributed by atoms with Crippen molar-refractivity contribution in [2.24, 2.45) is 5.73 Å². The third-order valence-corrected chi connectivity index (χ3v) is 5.19. The van der Waals surface area contributed by atoms with E-state index in [9.17, 15) is 0 Å². The number of benzene rings is 1. The first-order valence-electron chi connectivity index (χ1n) is 5.37. The Morgan fingerprint density at radius 2 is 2.00 bits per heavy atom. The van der Waals surface area contributed by atoms with Gasteiger partial charge in [-0.05, 0) is 41.1 Å². The van der Waals surface area contributed by atoms with Gasteiger partial charge < -0.3 is 10.5 Å². The van der Waals surface area contributed by atoms with Crippen LogP contribution < -0.4 is 10.5 Å². The highest BCUT2D eigenvalue weighted by molar-refractivity contribution is 9.10. The highest BCUT2D eigenvalue weighted by atomic mass is 79.9. The van der Waals surface area contributed by atoms with E-state index in [1.165, 1.54) is 4.88 Å². The fourth-order valence-corrected chi connectivity index (χ4v) is 4.05. The zero-order valence-electron chi connectivity index (χ0n) is 10.0. The smallest absolute Gasteiger partial charge is 0.125 e. The molecule has 0 fully saturated rings. The van der Waals surface area contributed by atoms with E-state index in [2.05, 4.69) is 44.8 Å². The van der Waals surface area contributed by atoms with Crippen molar-refractivity contribution in [3.63, 3.8) is 0 Å². The Labute approximate surface area is 127 Å². The molecule has 1 aromatic carbocycles. The predicted molar refractivity (Wildman–Crippen MR) is 83.5 cm³/mol. The summed E-state index contributed by atoms with van der Waals surface area (Å²) in [4.78, 5) is 2.36. The van der Waals surface area contributed by atoms with Gasteiger partial charge in [0.15, 0.2) is 0 Å². The van der Waals surface area contributed by atoms with Crippen LogP contribution in [-0.2, 0) is 0 Å². The lowest BCUT2D eigenvalue weighted by atomic mass is 10.1. The number of methoxy groups -OCH3 is 1. The summed E-state index contributed by atoms with van der Waals surface area (Å²) in [5.41, 5.74) is 7.33. The van der Waals surface area contributed by atoms with Crippen molar-refractivity contribution in [2.75, 3.05) is 7.11 Å². The van der Waals surface area contributed by atoms with Crippen LogP contribution in [0.15, 0.2) is 33.2 Å². The molecule has 2 N–H and O–H groups in total. The van der Waals surface area contributed by atoms with Crippen molar-refractivity contribution >= 4 is 43.2 Å². The predicted octanol–water partition coefficient (Wildman–Crippen LogP) is 4.64. The second kappa shape index (κ2) is 5.74. The molecule has 0 radical (unpaired) electrons. The summed E-state index contributed by atoms with van der Waals surface area (Å²) in [5, 5.41) is 0. The largest absolute Gasteiger partial charge is 0.496 e. The van der Waals surface area contributed by atoms with Crippen LogP contribution in [-0.4, -0.2) is 7.11 Å². The number of aryl methyl sites for hydroxylation is 1. The molecule has 0 bridgehead atoms. The summed E-state index contributed by atoms with van der Waals surface area (Å²) >= 11 is 8.69. The van der Waals surface area contributed by atoms with Gasteiger partial charge in [-0.25, -0.2) is 0 Å². The van der Waals surface area contributed by atoms with Crippen molar-refractivity contribution in [3.8, 4) is 5.75 Å². The zero-order valence-corrected chi connectivity index (χ0v) is 14.0. The minimum atomic E-state index is -0.180. The third-order valence-electron chi connectivity index (χ3n) is 2.65. The maximum Gasteiger partial charge on any atom is 0.125 e. The molecule has 0 aliphatic carbocycles. The number of hydrogen-bond acceptors (Lipinski definition) is 3. The highest BCUT2D eigenvalue weighted by Crippen LogP contribution is 2.37. The van der Waals surface area contributed by atoms with Gasteiger partial charge in [0.1, 0.15) is 5.75 Å². The summed E-state index contributed by atoms with van der Waals surface area (Å²) in [7, 11) is 1.66. The molecule has 2 nitrogen and oxygen atoms in total. The Morgan fingerprint density at radius 1 is 1.28 bits per heavy atom. The highest BCUT2D eigenvalue weighted by Gasteiger charge is 2.18. The van der Waals surface area contributed by atoms with Crippen LogP contribution in [0.1, 0.15) is 21.4 Å². The second-order valence-electron chi connectivity index (χ2n) is 3.93. The van der Waals surface area contributed by atoms with Crippen LogP contribution in [0.4, 0.5) is 0 Å². The molecule has 0 spiro atoms. The molecule has 0 saturated heterocycles. The molecule has 0 aliphatic heterocycles. The maximum atomic E-state index is 6.34. The summed E-state index contributed by atoms with van der Waals surface area (Å²) in [5.74, 6) is 0.801. The first-order chi connectivity index (χ1) is 8.52. The average Bonchev–Trinajstić information content (AvgIpc) is 2.67. The molecular weight excluding hydrogens is 378 g/mol. The van der Waals surface area contributed by atoms with Crippen molar-refractivity contribution < 1.29 is 4.74 Å². The summed E-state index contributed by atoms with van der Waals surface area (Å²) in [6.07, 6.45) is 0. The minimum absolute atomic E-state index is 0.180. The first kappa shape index (κ1) is 14.1. The van der Waals surface area contributed by atoms with Gasteiger partial charge >= 0.3 is 0 Å². The Morgan fingerprint density at radius 3 is 2.56 bits per heavy atom. The second-order valence-corrected chi connectivity index (χ2v) is 6.99. The van der Waals surface area contributed by atoms with E-state index in [1.54, 1.807) is 18.4 Å². The van der Waals surface area contributed by atoms with Crippen molar-refractivity contribution in [2.45, 2.75) is 13.0 Å². The summed E-state index contributed by atoms with van der Waals surface area (Å²) < 4.78 is 7.44. The topological polar surface area (TPSA) is 35.2 Å². The number of nitrogens with two attached hydrogens (primary N) is 1. The molecule has 0 aliphatic rings. The van der Waals surface area contributed by atoms with Gasteiger partial charge in [0.25, 0.3) is 0 Å². The van der Waals surface area contributed by atoms with Gasteiger partial charge in [-0.15, -0.1) is 11.3 Å². The zero-order chi connectivity index (χ0) is 13.3. The van der Waals surface area contributed by atoms with E-state index in [0.29, 0.717) is 0 Å². The number of halogens is 2. The van der Waals surface area contributed by atoms with E-state index in [0.717, 1.165) is 25.1 Å². The Balaban J connectivity index is 2.45. The number of rotatable bonds is 3. The van der Waals surface area contributed by atoms with E-state index in [4.69, 9.17) is 10.5 Å². The Bertz CT molecular complexity index is 568. The normalized spacial score (nSPS) is 12.5. The molecule has 96 valence electrons. The van der Waals surface area contributed by atoms with E-state index < -0.39 is 0 Å². The van der Waals surface area contributed by atoms with Gasteiger partial charge in [-0.3, -0.25) is 0 Å². The molecule has 2 aromatic rings. The number of hydrogen-bond donors (Lipinski definition) is 1. The van der Waals surface area contributed by atoms with Crippen LogP contribution in [0.25, 0.3) is 0 Å². The lowest BCUT2D eigenvalue weighted by molar-refractivity contribution is 0.407. The fourth-order valence-electron chi connectivity index (χ4n) is 1.80. The van der Waals surface area contributed by atoms with Gasteiger partial charge in [0.2, 0.25) is 0 Å². The summed E-state index contributed by atoms with van der Waals surface area (Å²) in [6.45, 7) is 2.07. The lowest BCUT2D eigenvalue weighted by Gasteiger charge is -2.15. The van der Waals surface area contributed by atoms with Crippen LogP contribution in [0, 0.1) is 6.92 Å². The molecule has 0 saturated carbocycles. The van der Waals surface area contributed by atoms with E-state index >= 15 is 0 Å². The molecule has 18 heavy (non-hydrogen) atoms. The van der Waals surface area contributed by atoms with Crippen LogP contribution in [0.2, 0.25) is 0 Å². The molecular formula is C13H13Br2NOS. The van der Waals surface area contributed by atoms with Gasteiger partial charge in [0.05, 0.1) is 13.2 Å². The van der Waals surface area contributed by atoms with Crippen molar-refractivity contribution in [3.05, 3.63) is 48.5 Å². The maximum absolute atomic E-state index is 6.34. The summed E-state index contributed by atoms with van der Waals surface area (Å²) in [6, 6.07) is 7.82. The number of ether oxygens (including phenoxy) is 1.